The predicted molar refractivity (Wildman–Crippen MR) is 160 cm³/mol. The van der Waals surface area contributed by atoms with Crippen LogP contribution in [0.4, 0.5) is 0 Å². The average Bonchev–Trinajstić information content (AvgIpc) is 2.90. The van der Waals surface area contributed by atoms with Gasteiger partial charge < -0.3 is 4.74 Å². The van der Waals surface area contributed by atoms with Gasteiger partial charge in [0.2, 0.25) is 0 Å². The fourth-order valence-electron chi connectivity index (χ4n) is 6.53. The van der Waals surface area contributed by atoms with Gasteiger partial charge in [-0.25, -0.2) is 0 Å². The van der Waals surface area contributed by atoms with E-state index in [1.807, 2.05) is 0 Å². The van der Waals surface area contributed by atoms with Crippen molar-refractivity contribution in [3.05, 3.63) is 65.2 Å². The van der Waals surface area contributed by atoms with Gasteiger partial charge in [-0.2, -0.15) is 0 Å². The number of ether oxygens (including phenoxy) is 1. The first-order chi connectivity index (χ1) is 17.2. The molecule has 0 N–H and O–H groups in total. The lowest BCUT2D eigenvalue weighted by Gasteiger charge is -2.29. The Bertz CT molecular complexity index is 884. The van der Waals surface area contributed by atoms with Gasteiger partial charge in [0.15, 0.2) is 5.05 Å². The molecule has 0 aliphatic heterocycles. The van der Waals surface area contributed by atoms with Crippen molar-refractivity contribution in [1.29, 1.82) is 0 Å². The topological polar surface area (TPSA) is 9.23 Å². The second-order valence-corrected chi connectivity index (χ2v) is 11.7. The lowest BCUT2D eigenvalue weighted by molar-refractivity contribution is 0.303. The first kappa shape index (κ1) is 28.9. The summed E-state index contributed by atoms with van der Waals surface area (Å²) in [6, 6.07) is 17.6. The van der Waals surface area contributed by atoms with Gasteiger partial charge in [-0.05, 0) is 111 Å². The van der Waals surface area contributed by atoms with Crippen LogP contribution in [0.1, 0.15) is 140 Å². The van der Waals surface area contributed by atoms with Gasteiger partial charge in [0, 0.05) is 5.56 Å². The van der Waals surface area contributed by atoms with Crippen LogP contribution in [0.3, 0.4) is 0 Å². The van der Waals surface area contributed by atoms with E-state index in [1.165, 1.54) is 101 Å². The van der Waals surface area contributed by atoms with Crippen LogP contribution in [-0.4, -0.2) is 5.05 Å². The minimum absolute atomic E-state index is 0. The van der Waals surface area contributed by atoms with Crippen molar-refractivity contribution < 1.29 is 4.74 Å². The minimum atomic E-state index is 0. The summed E-state index contributed by atoms with van der Waals surface area (Å²) in [5.74, 6) is 4.19. The second kappa shape index (κ2) is 14.9. The lowest BCUT2D eigenvalue weighted by Crippen LogP contribution is -2.14. The van der Waals surface area contributed by atoms with Crippen LogP contribution in [0.5, 0.6) is 5.75 Å². The molecule has 2 aliphatic rings. The van der Waals surface area contributed by atoms with E-state index in [4.69, 9.17) is 17.0 Å². The smallest absolute Gasteiger partial charge is 0.198 e. The van der Waals surface area contributed by atoms with Gasteiger partial charge in [0.25, 0.3) is 0 Å². The zero-order chi connectivity index (χ0) is 24.5. The number of thiocarbonyl (C=S) groups is 1. The highest BCUT2D eigenvalue weighted by molar-refractivity contribution is 7.80. The summed E-state index contributed by atoms with van der Waals surface area (Å²) >= 11 is 5.64. The summed E-state index contributed by atoms with van der Waals surface area (Å²) < 4.78 is 6.07. The molecular weight excluding hydrogens is 456 g/mol. The Balaban J connectivity index is 0.00000361. The number of hydrogen-bond donors (Lipinski definition) is 0. The largest absolute Gasteiger partial charge is 0.445 e. The van der Waals surface area contributed by atoms with E-state index in [1.54, 1.807) is 0 Å². The molecule has 198 valence electrons. The van der Waals surface area contributed by atoms with Crippen molar-refractivity contribution in [3.8, 4) is 5.75 Å². The van der Waals surface area contributed by atoms with E-state index in [-0.39, 0.29) is 7.43 Å². The standard InChI is InChI=1S/C33H46OS.CH4/c1-3-5-6-8-26-11-15-27(16-12-26)29-17-19-31(20-18-29)33(35)34-32-23-21-30(22-24-32)28-13-9-25(7-4-2)10-14-28;/h17-28H,3-16H2,1-2H3;1H4. The van der Waals surface area contributed by atoms with Gasteiger partial charge in [-0.3, -0.25) is 0 Å². The molecule has 0 bridgehead atoms. The highest BCUT2D eigenvalue weighted by Gasteiger charge is 2.23. The maximum Gasteiger partial charge on any atom is 0.198 e. The number of rotatable bonds is 10. The molecule has 0 atom stereocenters. The summed E-state index contributed by atoms with van der Waals surface area (Å²) in [5.41, 5.74) is 3.94. The fourth-order valence-corrected chi connectivity index (χ4v) is 6.76. The lowest BCUT2D eigenvalue weighted by atomic mass is 9.77. The fraction of sp³-hybridized carbons (Fsp3) is 0.618. The van der Waals surface area contributed by atoms with Crippen LogP contribution >= 0.6 is 12.2 Å². The highest BCUT2D eigenvalue weighted by Crippen LogP contribution is 2.39. The van der Waals surface area contributed by atoms with Crippen LogP contribution in [0.15, 0.2) is 48.5 Å². The molecule has 0 unspecified atom stereocenters. The summed E-state index contributed by atoms with van der Waals surface area (Å²) in [4.78, 5) is 0. The third kappa shape index (κ3) is 8.17. The summed E-state index contributed by atoms with van der Waals surface area (Å²) in [6.45, 7) is 4.61. The first-order valence-corrected chi connectivity index (χ1v) is 15.0. The van der Waals surface area contributed by atoms with E-state index in [2.05, 4.69) is 62.4 Å². The first-order valence-electron chi connectivity index (χ1n) is 14.6. The molecule has 4 rings (SSSR count). The van der Waals surface area contributed by atoms with E-state index in [0.717, 1.165) is 23.1 Å². The van der Waals surface area contributed by atoms with E-state index in [9.17, 15) is 0 Å². The number of unbranched alkanes of at least 4 members (excludes halogenated alkanes) is 2. The van der Waals surface area contributed by atoms with Crippen LogP contribution in [0, 0.1) is 11.8 Å². The van der Waals surface area contributed by atoms with Crippen molar-refractivity contribution in [2.75, 3.05) is 0 Å². The van der Waals surface area contributed by atoms with Crippen molar-refractivity contribution in [2.45, 2.75) is 123 Å². The van der Waals surface area contributed by atoms with Crippen LogP contribution in [0.25, 0.3) is 0 Å². The van der Waals surface area contributed by atoms with Crippen molar-refractivity contribution in [3.63, 3.8) is 0 Å². The van der Waals surface area contributed by atoms with E-state index >= 15 is 0 Å². The average molecular weight is 507 g/mol. The molecule has 0 radical (unpaired) electrons. The highest BCUT2D eigenvalue weighted by atomic mass is 32.1. The maximum atomic E-state index is 6.07. The van der Waals surface area contributed by atoms with Gasteiger partial charge in [0.05, 0.1) is 0 Å². The predicted octanol–water partition coefficient (Wildman–Crippen LogP) is 11.0. The Morgan fingerprint density at radius 3 is 1.67 bits per heavy atom. The number of benzene rings is 2. The molecule has 0 aromatic heterocycles. The monoisotopic (exact) mass is 506 g/mol. The zero-order valence-corrected chi connectivity index (χ0v) is 23.0. The SMILES string of the molecule is C.CCCCCC1CCC(c2ccc(C(=S)Oc3ccc(C4CCC(CCC)CC4)cc3)cc2)CC1. The Morgan fingerprint density at radius 2 is 1.17 bits per heavy atom. The van der Waals surface area contributed by atoms with Gasteiger partial charge >= 0.3 is 0 Å². The van der Waals surface area contributed by atoms with Crippen LogP contribution in [0.2, 0.25) is 0 Å². The molecule has 0 saturated heterocycles. The molecule has 1 nitrogen and oxygen atoms in total. The Kier molecular flexibility index (Phi) is 12.0. The zero-order valence-electron chi connectivity index (χ0n) is 22.1. The van der Waals surface area contributed by atoms with Gasteiger partial charge in [0.1, 0.15) is 5.75 Å². The van der Waals surface area contributed by atoms with Crippen LogP contribution < -0.4 is 4.74 Å². The van der Waals surface area contributed by atoms with Crippen molar-refractivity contribution in [2.24, 2.45) is 11.8 Å². The van der Waals surface area contributed by atoms with E-state index in [0.29, 0.717) is 16.9 Å². The van der Waals surface area contributed by atoms with Crippen molar-refractivity contribution >= 4 is 17.3 Å². The normalized spacial score (nSPS) is 24.1. The van der Waals surface area contributed by atoms with Crippen molar-refractivity contribution in [1.82, 2.24) is 0 Å². The third-order valence-electron chi connectivity index (χ3n) is 8.79. The molecule has 2 heteroatoms. The molecule has 2 saturated carbocycles. The number of hydrogen-bond acceptors (Lipinski definition) is 2. The maximum absolute atomic E-state index is 6.07. The molecule has 2 aromatic rings. The van der Waals surface area contributed by atoms with Gasteiger partial charge in [-0.1, -0.05) is 96.2 Å². The minimum Gasteiger partial charge on any atom is -0.445 e. The molecule has 2 fully saturated rings. The summed E-state index contributed by atoms with van der Waals surface area (Å²) in [5, 5.41) is 0.573. The van der Waals surface area contributed by atoms with Gasteiger partial charge in [-0.15, -0.1) is 0 Å². The third-order valence-corrected chi connectivity index (χ3v) is 9.11. The second-order valence-electron chi connectivity index (χ2n) is 11.3. The Labute approximate surface area is 227 Å². The Hall–Kier alpha value is -1.67. The molecule has 0 heterocycles. The molecule has 0 amide bonds. The molecule has 2 aromatic carbocycles. The summed E-state index contributed by atoms with van der Waals surface area (Å²) in [6.07, 6.45) is 19.2. The molecular formula is C34H50OS. The van der Waals surface area contributed by atoms with E-state index < -0.39 is 0 Å². The van der Waals surface area contributed by atoms with Crippen LogP contribution in [-0.2, 0) is 0 Å². The Morgan fingerprint density at radius 1 is 0.667 bits per heavy atom. The quantitative estimate of drug-likeness (QED) is 0.234. The molecule has 0 spiro atoms. The molecule has 2 aliphatic carbocycles. The molecule has 36 heavy (non-hydrogen) atoms. The summed E-state index contributed by atoms with van der Waals surface area (Å²) in [7, 11) is 0.